The average Bonchev–Trinajstić information content (AvgIpc) is 2.94. The van der Waals surface area contributed by atoms with E-state index in [0.29, 0.717) is 5.92 Å². The number of hydrogen-bond donors (Lipinski definition) is 1. The fraction of sp³-hybridized carbons (Fsp3) is 0.500. The Morgan fingerprint density at radius 3 is 2.53 bits per heavy atom. The van der Waals surface area contributed by atoms with E-state index in [4.69, 9.17) is 0 Å². The third-order valence-electron chi connectivity index (χ3n) is 4.19. The lowest BCUT2D eigenvalue weighted by Crippen LogP contribution is -2.27. The first-order valence-electron chi connectivity index (χ1n) is 6.29. The third kappa shape index (κ3) is 2.25. The Labute approximate surface area is 110 Å². The smallest absolute Gasteiger partial charge is 0.227 e. The van der Waals surface area contributed by atoms with Crippen molar-refractivity contribution in [3.63, 3.8) is 0 Å². The predicted molar refractivity (Wildman–Crippen MR) is 71.7 cm³/mol. The van der Waals surface area contributed by atoms with Gasteiger partial charge in [0.25, 0.3) is 0 Å². The number of nitrogens with one attached hydrogen (secondary N) is 1. The Kier molecular flexibility index (Phi) is 2.95. The number of benzene rings is 1. The molecule has 1 amide bonds. The van der Waals surface area contributed by atoms with Crippen LogP contribution in [0.3, 0.4) is 0 Å². The standard InChI is InChI=1S/C14H16BrNO/c15-11-3-5-12(6-4-11)16-14(17)13-8-9-1-2-10(13)7-9/h3-6,9-10,13H,1-2,7-8H2,(H,16,17)/t9-,10+,13-/m0/s1. The molecule has 1 N–H and O–H groups in total. The molecule has 0 aliphatic heterocycles. The van der Waals surface area contributed by atoms with E-state index in [1.54, 1.807) is 0 Å². The van der Waals surface area contributed by atoms with Crippen molar-refractivity contribution in [2.75, 3.05) is 5.32 Å². The second-order valence-corrected chi connectivity index (χ2v) is 6.19. The largest absolute Gasteiger partial charge is 0.326 e. The highest BCUT2D eigenvalue weighted by atomic mass is 79.9. The van der Waals surface area contributed by atoms with Crippen LogP contribution in [0.4, 0.5) is 5.69 Å². The number of anilines is 1. The van der Waals surface area contributed by atoms with Crippen molar-refractivity contribution < 1.29 is 4.79 Å². The first kappa shape index (κ1) is 11.3. The van der Waals surface area contributed by atoms with Gasteiger partial charge >= 0.3 is 0 Å². The van der Waals surface area contributed by atoms with E-state index in [-0.39, 0.29) is 11.8 Å². The van der Waals surface area contributed by atoms with Gasteiger partial charge in [0.2, 0.25) is 5.91 Å². The molecule has 0 unspecified atom stereocenters. The minimum atomic E-state index is 0.222. The monoisotopic (exact) mass is 293 g/mol. The molecule has 3 heteroatoms. The molecule has 0 saturated heterocycles. The molecule has 3 rings (SSSR count). The summed E-state index contributed by atoms with van der Waals surface area (Å²) in [5.74, 6) is 1.95. The maximum Gasteiger partial charge on any atom is 0.227 e. The van der Waals surface area contributed by atoms with Gasteiger partial charge in [0, 0.05) is 16.1 Å². The molecule has 2 fully saturated rings. The predicted octanol–water partition coefficient (Wildman–Crippen LogP) is 3.82. The van der Waals surface area contributed by atoms with Crippen LogP contribution in [0.2, 0.25) is 0 Å². The van der Waals surface area contributed by atoms with Crippen LogP contribution in [0, 0.1) is 17.8 Å². The molecule has 0 aromatic heterocycles. The Hall–Kier alpha value is -0.830. The highest BCUT2D eigenvalue weighted by molar-refractivity contribution is 9.10. The zero-order chi connectivity index (χ0) is 11.8. The molecule has 0 heterocycles. The molecule has 1 aromatic carbocycles. The summed E-state index contributed by atoms with van der Waals surface area (Å²) in [4.78, 5) is 12.2. The quantitative estimate of drug-likeness (QED) is 0.882. The molecule has 1 aromatic rings. The molecule has 2 bridgehead atoms. The third-order valence-corrected chi connectivity index (χ3v) is 4.72. The second-order valence-electron chi connectivity index (χ2n) is 5.28. The molecule has 2 aliphatic carbocycles. The zero-order valence-corrected chi connectivity index (χ0v) is 11.2. The van der Waals surface area contributed by atoms with Gasteiger partial charge in [-0.1, -0.05) is 22.4 Å². The number of amides is 1. The maximum atomic E-state index is 12.2. The number of rotatable bonds is 2. The van der Waals surface area contributed by atoms with Gasteiger partial charge in [-0.2, -0.15) is 0 Å². The summed E-state index contributed by atoms with van der Waals surface area (Å²) in [6.45, 7) is 0. The van der Waals surface area contributed by atoms with Gasteiger partial charge in [0.1, 0.15) is 0 Å². The van der Waals surface area contributed by atoms with Crippen molar-refractivity contribution >= 4 is 27.5 Å². The molecule has 17 heavy (non-hydrogen) atoms. The maximum absolute atomic E-state index is 12.2. The van der Waals surface area contributed by atoms with Gasteiger partial charge in [-0.15, -0.1) is 0 Å². The summed E-state index contributed by atoms with van der Waals surface area (Å²) in [6, 6.07) is 7.79. The van der Waals surface area contributed by atoms with Crippen LogP contribution in [0.1, 0.15) is 25.7 Å². The van der Waals surface area contributed by atoms with E-state index >= 15 is 0 Å². The van der Waals surface area contributed by atoms with Crippen LogP contribution in [-0.2, 0) is 4.79 Å². The number of carbonyl (C=O) groups is 1. The van der Waals surface area contributed by atoms with E-state index in [1.165, 1.54) is 19.3 Å². The molecule has 2 aliphatic rings. The van der Waals surface area contributed by atoms with Crippen LogP contribution >= 0.6 is 15.9 Å². The van der Waals surface area contributed by atoms with Crippen LogP contribution in [0.15, 0.2) is 28.7 Å². The molecular formula is C14H16BrNO. The van der Waals surface area contributed by atoms with Gasteiger partial charge in [-0.3, -0.25) is 4.79 Å². The summed E-state index contributed by atoms with van der Waals surface area (Å²) in [6.07, 6.45) is 4.97. The second kappa shape index (κ2) is 4.45. The summed E-state index contributed by atoms with van der Waals surface area (Å²) in [5.41, 5.74) is 0.904. The van der Waals surface area contributed by atoms with E-state index < -0.39 is 0 Å². The van der Waals surface area contributed by atoms with Gasteiger partial charge in [0.15, 0.2) is 0 Å². The van der Waals surface area contributed by atoms with Crippen molar-refractivity contribution in [1.29, 1.82) is 0 Å². The molecule has 90 valence electrons. The normalized spacial score (nSPS) is 30.5. The Morgan fingerprint density at radius 1 is 1.18 bits per heavy atom. The molecule has 0 spiro atoms. The van der Waals surface area contributed by atoms with Crippen molar-refractivity contribution in [1.82, 2.24) is 0 Å². The van der Waals surface area contributed by atoms with Gasteiger partial charge in [0.05, 0.1) is 0 Å². The van der Waals surface area contributed by atoms with Gasteiger partial charge in [-0.25, -0.2) is 0 Å². The van der Waals surface area contributed by atoms with Crippen LogP contribution < -0.4 is 5.32 Å². The van der Waals surface area contributed by atoms with Gasteiger partial charge < -0.3 is 5.32 Å². The molecule has 2 nitrogen and oxygen atoms in total. The van der Waals surface area contributed by atoms with E-state index in [9.17, 15) is 4.79 Å². The fourth-order valence-corrected chi connectivity index (χ4v) is 3.60. The highest BCUT2D eigenvalue weighted by Gasteiger charge is 2.42. The Bertz CT molecular complexity index is 428. The molecule has 0 radical (unpaired) electrons. The lowest BCUT2D eigenvalue weighted by atomic mass is 9.88. The molecule has 2 saturated carbocycles. The zero-order valence-electron chi connectivity index (χ0n) is 9.66. The Morgan fingerprint density at radius 2 is 1.94 bits per heavy atom. The first-order valence-corrected chi connectivity index (χ1v) is 7.08. The van der Waals surface area contributed by atoms with E-state index in [2.05, 4.69) is 21.2 Å². The van der Waals surface area contributed by atoms with Crippen molar-refractivity contribution in [2.24, 2.45) is 17.8 Å². The number of hydrogen-bond acceptors (Lipinski definition) is 1. The van der Waals surface area contributed by atoms with Crippen molar-refractivity contribution in [2.45, 2.75) is 25.7 Å². The SMILES string of the molecule is O=C(Nc1ccc(Br)cc1)[C@H]1C[C@H]2CC[C@@H]1C2. The Balaban J connectivity index is 1.65. The minimum Gasteiger partial charge on any atom is -0.326 e. The fourth-order valence-electron chi connectivity index (χ4n) is 3.33. The average molecular weight is 294 g/mol. The number of halogens is 1. The van der Waals surface area contributed by atoms with E-state index in [1.807, 2.05) is 24.3 Å². The van der Waals surface area contributed by atoms with Gasteiger partial charge in [-0.05, 0) is 55.4 Å². The lowest BCUT2D eigenvalue weighted by molar-refractivity contribution is -0.121. The molecular weight excluding hydrogens is 278 g/mol. The highest BCUT2D eigenvalue weighted by Crippen LogP contribution is 2.48. The van der Waals surface area contributed by atoms with Crippen LogP contribution in [0.5, 0.6) is 0 Å². The van der Waals surface area contributed by atoms with E-state index in [0.717, 1.165) is 22.5 Å². The number of fused-ring (bicyclic) bond motifs is 2. The topological polar surface area (TPSA) is 29.1 Å². The lowest BCUT2D eigenvalue weighted by Gasteiger charge is -2.20. The van der Waals surface area contributed by atoms with Crippen molar-refractivity contribution in [3.05, 3.63) is 28.7 Å². The summed E-state index contributed by atoms with van der Waals surface area (Å²) < 4.78 is 1.04. The number of carbonyl (C=O) groups excluding carboxylic acids is 1. The summed E-state index contributed by atoms with van der Waals surface area (Å²) in [7, 11) is 0. The molecule has 3 atom stereocenters. The van der Waals surface area contributed by atoms with Crippen LogP contribution in [-0.4, -0.2) is 5.91 Å². The minimum absolute atomic E-state index is 0.222. The van der Waals surface area contributed by atoms with Crippen LogP contribution in [0.25, 0.3) is 0 Å². The van der Waals surface area contributed by atoms with Crippen molar-refractivity contribution in [3.8, 4) is 0 Å². The summed E-state index contributed by atoms with van der Waals surface area (Å²) >= 11 is 3.39. The summed E-state index contributed by atoms with van der Waals surface area (Å²) in [5, 5.41) is 3.04. The first-order chi connectivity index (χ1) is 8.22.